The molecule has 0 radical (unpaired) electrons. The van der Waals surface area contributed by atoms with E-state index in [1.54, 1.807) is 39.5 Å². The van der Waals surface area contributed by atoms with E-state index in [4.69, 9.17) is 14.2 Å². The molecule has 0 aromatic heterocycles. The molecular weight excluding hydrogens is 454 g/mol. The number of hydrogen-bond donors (Lipinski definition) is 1. The van der Waals surface area contributed by atoms with E-state index in [1.165, 1.54) is 0 Å². The summed E-state index contributed by atoms with van der Waals surface area (Å²) >= 11 is 6.94. The fraction of sp³-hybridized carbons (Fsp3) is 0.167. The summed E-state index contributed by atoms with van der Waals surface area (Å²) in [5.74, 6) is 1.53. The second-order valence-corrected chi connectivity index (χ2v) is 7.04. The Kier molecular flexibility index (Phi) is 5.06. The van der Waals surface area contributed by atoms with Gasteiger partial charge in [-0.2, -0.15) is 0 Å². The minimum absolute atomic E-state index is 0.175. The Morgan fingerprint density at radius 2 is 1.56 bits per heavy atom. The molecule has 25 heavy (non-hydrogen) atoms. The molecule has 0 saturated carbocycles. The number of amides is 1. The summed E-state index contributed by atoms with van der Waals surface area (Å²) in [4.78, 5) is 12.5. The van der Waals surface area contributed by atoms with Crippen LogP contribution in [0.25, 0.3) is 11.6 Å². The van der Waals surface area contributed by atoms with Crippen LogP contribution in [0.4, 0.5) is 5.69 Å². The molecule has 0 saturated heterocycles. The Morgan fingerprint density at radius 3 is 2.20 bits per heavy atom. The standard InChI is InChI=1S/C18H15Br2NO4/c1-23-14-8-16(25-3)15(24-2)5-9(14)4-12-11-6-10(19)7-13(20)17(11)21-18(12)22/h4-8H,1-3H3,(H,21,22). The van der Waals surface area contributed by atoms with E-state index in [9.17, 15) is 4.79 Å². The highest BCUT2D eigenvalue weighted by molar-refractivity contribution is 9.11. The lowest BCUT2D eigenvalue weighted by atomic mass is 10.0. The van der Waals surface area contributed by atoms with Crippen molar-refractivity contribution in [1.82, 2.24) is 0 Å². The molecular formula is C18H15Br2NO4. The van der Waals surface area contributed by atoms with Crippen LogP contribution in [0.3, 0.4) is 0 Å². The van der Waals surface area contributed by atoms with Gasteiger partial charge >= 0.3 is 0 Å². The summed E-state index contributed by atoms with van der Waals surface area (Å²) in [6.45, 7) is 0. The summed E-state index contributed by atoms with van der Waals surface area (Å²) in [6.07, 6.45) is 1.78. The van der Waals surface area contributed by atoms with E-state index in [-0.39, 0.29) is 5.91 Å². The minimum Gasteiger partial charge on any atom is -0.496 e. The van der Waals surface area contributed by atoms with Crippen LogP contribution in [0.5, 0.6) is 17.2 Å². The number of hydrogen-bond acceptors (Lipinski definition) is 4. The van der Waals surface area contributed by atoms with Gasteiger partial charge in [0.15, 0.2) is 11.5 Å². The van der Waals surface area contributed by atoms with Crippen molar-refractivity contribution < 1.29 is 19.0 Å². The summed E-state index contributed by atoms with van der Waals surface area (Å²) in [5, 5.41) is 2.88. The monoisotopic (exact) mass is 467 g/mol. The average molecular weight is 469 g/mol. The van der Waals surface area contributed by atoms with Crippen molar-refractivity contribution in [2.75, 3.05) is 26.6 Å². The minimum atomic E-state index is -0.175. The van der Waals surface area contributed by atoms with Crippen molar-refractivity contribution in [3.63, 3.8) is 0 Å². The van der Waals surface area contributed by atoms with Crippen molar-refractivity contribution in [2.24, 2.45) is 0 Å². The molecule has 1 amide bonds. The maximum atomic E-state index is 12.5. The van der Waals surface area contributed by atoms with Gasteiger partial charge in [-0.25, -0.2) is 0 Å². The lowest BCUT2D eigenvalue weighted by Gasteiger charge is -2.12. The molecule has 7 heteroatoms. The number of rotatable bonds is 4. The molecule has 130 valence electrons. The zero-order valence-electron chi connectivity index (χ0n) is 13.8. The van der Waals surface area contributed by atoms with E-state index in [2.05, 4.69) is 37.2 Å². The smallest absolute Gasteiger partial charge is 0.256 e. The molecule has 0 unspecified atom stereocenters. The van der Waals surface area contributed by atoms with Gasteiger partial charge in [0.1, 0.15) is 5.75 Å². The molecule has 5 nitrogen and oxygen atoms in total. The zero-order chi connectivity index (χ0) is 18.1. The second kappa shape index (κ2) is 7.09. The molecule has 0 atom stereocenters. The number of ether oxygens (including phenoxy) is 3. The third kappa shape index (κ3) is 3.26. The van der Waals surface area contributed by atoms with Gasteiger partial charge in [0.05, 0.1) is 27.0 Å². The van der Waals surface area contributed by atoms with Gasteiger partial charge in [-0.1, -0.05) is 15.9 Å². The predicted molar refractivity (Wildman–Crippen MR) is 104 cm³/mol. The quantitative estimate of drug-likeness (QED) is 0.659. The maximum absolute atomic E-state index is 12.5. The highest BCUT2D eigenvalue weighted by Gasteiger charge is 2.27. The number of fused-ring (bicyclic) bond motifs is 1. The number of nitrogens with one attached hydrogen (secondary N) is 1. The van der Waals surface area contributed by atoms with E-state index in [1.807, 2.05) is 12.1 Å². The largest absolute Gasteiger partial charge is 0.496 e. The summed E-state index contributed by atoms with van der Waals surface area (Å²) in [5.41, 5.74) is 2.82. The first-order valence-corrected chi connectivity index (χ1v) is 8.89. The van der Waals surface area contributed by atoms with Crippen LogP contribution < -0.4 is 19.5 Å². The van der Waals surface area contributed by atoms with Crippen LogP contribution in [0, 0.1) is 0 Å². The first kappa shape index (κ1) is 17.8. The van der Waals surface area contributed by atoms with Crippen molar-refractivity contribution in [3.05, 3.63) is 44.3 Å². The van der Waals surface area contributed by atoms with Gasteiger partial charge in [0, 0.05) is 31.7 Å². The lowest BCUT2D eigenvalue weighted by molar-refractivity contribution is -0.110. The Bertz CT molecular complexity index is 893. The first-order chi connectivity index (χ1) is 12.0. The number of halogens is 2. The maximum Gasteiger partial charge on any atom is 0.256 e. The van der Waals surface area contributed by atoms with Crippen LogP contribution in [-0.2, 0) is 4.79 Å². The number of methoxy groups -OCH3 is 3. The zero-order valence-corrected chi connectivity index (χ0v) is 16.9. The van der Waals surface area contributed by atoms with E-state index in [0.29, 0.717) is 28.4 Å². The number of benzene rings is 2. The third-order valence-electron chi connectivity index (χ3n) is 3.86. The molecule has 3 rings (SSSR count). The fourth-order valence-electron chi connectivity index (χ4n) is 2.68. The van der Waals surface area contributed by atoms with Crippen molar-refractivity contribution in [1.29, 1.82) is 0 Å². The van der Waals surface area contributed by atoms with Gasteiger partial charge < -0.3 is 19.5 Å². The van der Waals surface area contributed by atoms with Crippen molar-refractivity contribution >= 4 is 55.1 Å². The third-order valence-corrected chi connectivity index (χ3v) is 4.95. The van der Waals surface area contributed by atoms with Gasteiger partial charge in [-0.15, -0.1) is 0 Å². The van der Waals surface area contributed by atoms with Gasteiger partial charge in [0.25, 0.3) is 5.91 Å². The van der Waals surface area contributed by atoms with Crippen LogP contribution in [0.15, 0.2) is 33.2 Å². The molecule has 1 heterocycles. The normalized spacial score (nSPS) is 14.3. The summed E-state index contributed by atoms with van der Waals surface area (Å²) in [6, 6.07) is 7.30. The molecule has 1 aliphatic heterocycles. The molecule has 2 aromatic rings. The Morgan fingerprint density at radius 1 is 0.920 bits per heavy atom. The lowest BCUT2D eigenvalue weighted by Crippen LogP contribution is -2.04. The average Bonchev–Trinajstić information content (AvgIpc) is 2.90. The predicted octanol–water partition coefficient (Wildman–Crippen LogP) is 4.73. The molecule has 0 bridgehead atoms. The van der Waals surface area contributed by atoms with Crippen LogP contribution >= 0.6 is 31.9 Å². The Labute approximate surface area is 162 Å². The van der Waals surface area contributed by atoms with Crippen LogP contribution in [0.2, 0.25) is 0 Å². The van der Waals surface area contributed by atoms with E-state index in [0.717, 1.165) is 20.2 Å². The van der Waals surface area contributed by atoms with E-state index < -0.39 is 0 Å². The van der Waals surface area contributed by atoms with Gasteiger partial charge in [0.2, 0.25) is 0 Å². The molecule has 0 aliphatic carbocycles. The first-order valence-electron chi connectivity index (χ1n) is 7.31. The highest BCUT2D eigenvalue weighted by atomic mass is 79.9. The van der Waals surface area contributed by atoms with Crippen LogP contribution in [-0.4, -0.2) is 27.2 Å². The Balaban J connectivity index is 2.18. The topological polar surface area (TPSA) is 56.8 Å². The Hall–Kier alpha value is -1.99. The molecule has 1 N–H and O–H groups in total. The van der Waals surface area contributed by atoms with E-state index >= 15 is 0 Å². The summed E-state index contributed by atoms with van der Waals surface area (Å²) in [7, 11) is 4.69. The number of carbonyl (C=O) groups is 1. The molecule has 0 spiro atoms. The molecule has 1 aliphatic rings. The molecule has 0 fully saturated rings. The second-order valence-electron chi connectivity index (χ2n) is 5.27. The fourth-order valence-corrected chi connectivity index (χ4v) is 4.01. The van der Waals surface area contributed by atoms with Crippen molar-refractivity contribution in [2.45, 2.75) is 0 Å². The van der Waals surface area contributed by atoms with Gasteiger partial charge in [-0.05, 0) is 40.2 Å². The van der Waals surface area contributed by atoms with Gasteiger partial charge in [-0.3, -0.25) is 4.79 Å². The highest BCUT2D eigenvalue weighted by Crippen LogP contribution is 2.42. The SMILES string of the molecule is COc1cc(OC)c(OC)cc1C=C1C(=O)Nc2c(Br)cc(Br)cc21. The van der Waals surface area contributed by atoms with Crippen LogP contribution in [0.1, 0.15) is 11.1 Å². The number of anilines is 1. The van der Waals surface area contributed by atoms with Crippen molar-refractivity contribution in [3.8, 4) is 17.2 Å². The molecule has 2 aromatic carbocycles. The summed E-state index contributed by atoms with van der Waals surface area (Å²) < 4.78 is 17.8. The number of carbonyl (C=O) groups excluding carboxylic acids is 1.